The molecule has 0 aliphatic heterocycles. The van der Waals surface area contributed by atoms with E-state index >= 15 is 0 Å². The molecule has 1 nitrogen and oxygen atoms in total. The lowest BCUT2D eigenvalue weighted by molar-refractivity contribution is 0.112. The molecule has 0 heterocycles. The standard InChI is InChI=1S/C14H10ClFO/c1-9-2-3-10(8-17)6-12(9)11-4-5-14(16)13(15)7-11/h2-8H,1H3. The third-order valence-corrected chi connectivity index (χ3v) is 2.92. The Morgan fingerprint density at radius 1 is 1.18 bits per heavy atom. The highest BCUT2D eigenvalue weighted by atomic mass is 35.5. The van der Waals surface area contributed by atoms with E-state index in [1.54, 1.807) is 24.3 Å². The van der Waals surface area contributed by atoms with Gasteiger partial charge in [-0.2, -0.15) is 0 Å². The van der Waals surface area contributed by atoms with Gasteiger partial charge in [-0.25, -0.2) is 4.39 Å². The van der Waals surface area contributed by atoms with Gasteiger partial charge in [-0.05, 0) is 41.8 Å². The van der Waals surface area contributed by atoms with Gasteiger partial charge in [0.05, 0.1) is 5.02 Å². The highest BCUT2D eigenvalue weighted by Gasteiger charge is 2.06. The van der Waals surface area contributed by atoms with Crippen LogP contribution in [0.5, 0.6) is 0 Å². The predicted octanol–water partition coefficient (Wildman–Crippen LogP) is 4.27. The molecule has 2 rings (SSSR count). The summed E-state index contributed by atoms with van der Waals surface area (Å²) in [6.07, 6.45) is 0.786. The van der Waals surface area contributed by atoms with Crippen molar-refractivity contribution in [3.8, 4) is 11.1 Å². The molecule has 86 valence electrons. The van der Waals surface area contributed by atoms with E-state index in [9.17, 15) is 9.18 Å². The maximum absolute atomic E-state index is 13.1. The second kappa shape index (κ2) is 4.68. The van der Waals surface area contributed by atoms with Gasteiger partial charge in [-0.1, -0.05) is 29.8 Å². The van der Waals surface area contributed by atoms with E-state index in [1.807, 2.05) is 13.0 Å². The van der Waals surface area contributed by atoms with Crippen molar-refractivity contribution in [2.45, 2.75) is 6.92 Å². The van der Waals surface area contributed by atoms with E-state index in [0.29, 0.717) is 5.56 Å². The van der Waals surface area contributed by atoms with Crippen LogP contribution in [0.4, 0.5) is 4.39 Å². The largest absolute Gasteiger partial charge is 0.298 e. The van der Waals surface area contributed by atoms with Crippen molar-refractivity contribution in [1.82, 2.24) is 0 Å². The minimum absolute atomic E-state index is 0.0819. The molecular weight excluding hydrogens is 239 g/mol. The minimum Gasteiger partial charge on any atom is -0.298 e. The van der Waals surface area contributed by atoms with Gasteiger partial charge in [0.25, 0.3) is 0 Å². The van der Waals surface area contributed by atoms with Gasteiger partial charge in [-0.3, -0.25) is 4.79 Å². The summed E-state index contributed by atoms with van der Waals surface area (Å²) in [5, 5.41) is 0.0819. The molecule has 0 fully saturated rings. The van der Waals surface area contributed by atoms with Crippen LogP contribution in [0.1, 0.15) is 15.9 Å². The van der Waals surface area contributed by atoms with Crippen LogP contribution >= 0.6 is 11.6 Å². The van der Waals surface area contributed by atoms with Gasteiger partial charge in [0.2, 0.25) is 0 Å². The lowest BCUT2D eigenvalue weighted by Gasteiger charge is -2.07. The van der Waals surface area contributed by atoms with Crippen LogP contribution in [-0.2, 0) is 0 Å². The number of aryl methyl sites for hydroxylation is 1. The maximum atomic E-state index is 13.1. The molecule has 0 radical (unpaired) electrons. The average Bonchev–Trinajstić information content (AvgIpc) is 2.33. The zero-order valence-corrected chi connectivity index (χ0v) is 9.96. The molecule has 0 unspecified atom stereocenters. The molecule has 0 bridgehead atoms. The molecule has 17 heavy (non-hydrogen) atoms. The molecule has 2 aromatic rings. The quantitative estimate of drug-likeness (QED) is 0.726. The lowest BCUT2D eigenvalue weighted by Crippen LogP contribution is -1.88. The van der Waals surface area contributed by atoms with E-state index < -0.39 is 5.82 Å². The first kappa shape index (κ1) is 11.8. The molecule has 0 N–H and O–H groups in total. The first-order valence-corrected chi connectivity index (χ1v) is 5.51. The van der Waals surface area contributed by atoms with E-state index in [2.05, 4.69) is 0 Å². The molecule has 0 aliphatic rings. The number of rotatable bonds is 2. The summed E-state index contributed by atoms with van der Waals surface area (Å²) >= 11 is 5.75. The van der Waals surface area contributed by atoms with Crippen LogP contribution in [-0.4, -0.2) is 6.29 Å². The van der Waals surface area contributed by atoms with Crippen molar-refractivity contribution in [2.75, 3.05) is 0 Å². The molecule has 0 saturated carbocycles. The van der Waals surface area contributed by atoms with Gasteiger partial charge in [0.1, 0.15) is 12.1 Å². The van der Waals surface area contributed by atoms with Gasteiger partial charge < -0.3 is 0 Å². The topological polar surface area (TPSA) is 17.1 Å². The van der Waals surface area contributed by atoms with Crippen LogP contribution in [0.2, 0.25) is 5.02 Å². The first-order chi connectivity index (χ1) is 8.11. The molecule has 2 aromatic carbocycles. The van der Waals surface area contributed by atoms with Crippen molar-refractivity contribution in [3.63, 3.8) is 0 Å². The monoisotopic (exact) mass is 248 g/mol. The Morgan fingerprint density at radius 2 is 1.94 bits per heavy atom. The van der Waals surface area contributed by atoms with Crippen molar-refractivity contribution >= 4 is 17.9 Å². The number of hydrogen-bond acceptors (Lipinski definition) is 1. The van der Waals surface area contributed by atoms with Gasteiger partial charge in [0.15, 0.2) is 0 Å². The van der Waals surface area contributed by atoms with Gasteiger partial charge in [-0.15, -0.1) is 0 Å². The van der Waals surface area contributed by atoms with Crippen LogP contribution in [0.25, 0.3) is 11.1 Å². The van der Waals surface area contributed by atoms with Crippen molar-refractivity contribution in [1.29, 1.82) is 0 Å². The molecule has 0 saturated heterocycles. The molecule has 0 amide bonds. The number of aldehydes is 1. The number of hydrogen-bond donors (Lipinski definition) is 0. The average molecular weight is 249 g/mol. The Morgan fingerprint density at radius 3 is 2.59 bits per heavy atom. The molecule has 0 atom stereocenters. The summed E-state index contributed by atoms with van der Waals surface area (Å²) in [5.74, 6) is -0.445. The summed E-state index contributed by atoms with van der Waals surface area (Å²) in [6, 6.07) is 9.91. The predicted molar refractivity (Wildman–Crippen MR) is 67.0 cm³/mol. The Bertz CT molecular complexity index is 578. The van der Waals surface area contributed by atoms with Crippen molar-refractivity contribution in [2.24, 2.45) is 0 Å². The molecule has 0 spiro atoms. The maximum Gasteiger partial charge on any atom is 0.150 e. The number of carbonyl (C=O) groups excluding carboxylic acids is 1. The fourth-order valence-electron chi connectivity index (χ4n) is 1.69. The summed E-state index contributed by atoms with van der Waals surface area (Å²) < 4.78 is 13.1. The normalized spacial score (nSPS) is 10.3. The zero-order valence-electron chi connectivity index (χ0n) is 9.21. The van der Waals surface area contributed by atoms with Crippen LogP contribution in [0.3, 0.4) is 0 Å². The Kier molecular flexibility index (Phi) is 3.25. The van der Waals surface area contributed by atoms with E-state index in [4.69, 9.17) is 11.6 Å². The van der Waals surface area contributed by atoms with E-state index in [0.717, 1.165) is 23.0 Å². The van der Waals surface area contributed by atoms with Crippen LogP contribution in [0, 0.1) is 12.7 Å². The fourth-order valence-corrected chi connectivity index (χ4v) is 1.87. The highest BCUT2D eigenvalue weighted by molar-refractivity contribution is 6.31. The molecule has 0 aromatic heterocycles. The lowest BCUT2D eigenvalue weighted by atomic mass is 9.98. The number of halogens is 2. The smallest absolute Gasteiger partial charge is 0.150 e. The summed E-state index contributed by atoms with van der Waals surface area (Å²) in [7, 11) is 0. The van der Waals surface area contributed by atoms with E-state index in [1.165, 1.54) is 6.07 Å². The van der Waals surface area contributed by atoms with Crippen molar-refractivity contribution < 1.29 is 9.18 Å². The third-order valence-electron chi connectivity index (χ3n) is 2.63. The number of benzene rings is 2. The van der Waals surface area contributed by atoms with Crippen molar-refractivity contribution in [3.05, 3.63) is 58.4 Å². The third kappa shape index (κ3) is 2.37. The zero-order chi connectivity index (χ0) is 12.4. The summed E-state index contributed by atoms with van der Waals surface area (Å²) in [6.45, 7) is 1.93. The summed E-state index contributed by atoms with van der Waals surface area (Å²) in [4.78, 5) is 10.7. The highest BCUT2D eigenvalue weighted by Crippen LogP contribution is 2.27. The second-order valence-corrected chi connectivity index (χ2v) is 4.23. The van der Waals surface area contributed by atoms with Crippen LogP contribution in [0.15, 0.2) is 36.4 Å². The first-order valence-electron chi connectivity index (χ1n) is 5.13. The second-order valence-electron chi connectivity index (χ2n) is 3.82. The fraction of sp³-hybridized carbons (Fsp3) is 0.0714. The molecule has 3 heteroatoms. The number of carbonyl (C=O) groups is 1. The Labute approximate surface area is 104 Å². The van der Waals surface area contributed by atoms with Crippen LogP contribution < -0.4 is 0 Å². The molecule has 0 aliphatic carbocycles. The molecular formula is C14H10ClFO. The van der Waals surface area contributed by atoms with Gasteiger partial charge >= 0.3 is 0 Å². The SMILES string of the molecule is Cc1ccc(C=O)cc1-c1ccc(F)c(Cl)c1. The van der Waals surface area contributed by atoms with Gasteiger partial charge in [0, 0.05) is 5.56 Å². The Balaban J connectivity index is 2.58. The minimum atomic E-state index is -0.445. The summed E-state index contributed by atoms with van der Waals surface area (Å²) in [5.41, 5.74) is 3.29. The van der Waals surface area contributed by atoms with E-state index in [-0.39, 0.29) is 5.02 Å². The Hall–Kier alpha value is -1.67.